The third-order valence-electron chi connectivity index (χ3n) is 3.49. The van der Waals surface area contributed by atoms with Gasteiger partial charge in [-0.15, -0.1) is 0 Å². The standard InChI is InChI=1S/C15H17N3O3/c19-13(16-12-8-4-5-9-12)10-20-15-17-14(18-21-15)11-6-2-1-3-7-11/h1-3,6-7,12H,4-5,8-10H2,(H,16,19). The Balaban J connectivity index is 1.51. The number of carbonyl (C=O) groups is 1. The minimum absolute atomic E-state index is 0.00965. The van der Waals surface area contributed by atoms with Crippen LogP contribution in [0.2, 0.25) is 0 Å². The predicted molar refractivity (Wildman–Crippen MR) is 75.6 cm³/mol. The third kappa shape index (κ3) is 3.59. The fraction of sp³-hybridized carbons (Fsp3) is 0.400. The molecule has 3 rings (SSSR count). The van der Waals surface area contributed by atoms with Crippen molar-refractivity contribution in [2.45, 2.75) is 31.7 Å². The van der Waals surface area contributed by atoms with Crippen molar-refractivity contribution < 1.29 is 14.1 Å². The molecule has 0 atom stereocenters. The van der Waals surface area contributed by atoms with Crippen molar-refractivity contribution in [3.63, 3.8) is 0 Å². The van der Waals surface area contributed by atoms with Gasteiger partial charge >= 0.3 is 6.08 Å². The summed E-state index contributed by atoms with van der Waals surface area (Å²) >= 11 is 0. The lowest BCUT2D eigenvalue weighted by atomic mass is 10.2. The van der Waals surface area contributed by atoms with Gasteiger partial charge in [0, 0.05) is 11.6 Å². The average Bonchev–Trinajstić information content (AvgIpc) is 3.17. The summed E-state index contributed by atoms with van der Waals surface area (Å²) in [4.78, 5) is 15.8. The van der Waals surface area contributed by atoms with E-state index in [1.54, 1.807) is 0 Å². The first kappa shape index (κ1) is 13.6. The SMILES string of the molecule is O=C(COc1nc(-c2ccccc2)no1)NC1CCCC1. The van der Waals surface area contributed by atoms with Crippen molar-refractivity contribution >= 4 is 5.91 Å². The molecule has 1 heterocycles. The topological polar surface area (TPSA) is 77.2 Å². The Bertz CT molecular complexity index is 591. The lowest BCUT2D eigenvalue weighted by Gasteiger charge is -2.10. The maximum absolute atomic E-state index is 11.7. The van der Waals surface area contributed by atoms with Gasteiger partial charge in [0.05, 0.1) is 0 Å². The highest BCUT2D eigenvalue weighted by Crippen LogP contribution is 2.19. The van der Waals surface area contributed by atoms with E-state index in [0.29, 0.717) is 5.82 Å². The molecule has 2 aromatic rings. The highest BCUT2D eigenvalue weighted by Gasteiger charge is 2.18. The molecule has 1 aliphatic carbocycles. The van der Waals surface area contributed by atoms with Crippen LogP contribution in [0.25, 0.3) is 11.4 Å². The molecule has 21 heavy (non-hydrogen) atoms. The number of hydrogen-bond acceptors (Lipinski definition) is 5. The summed E-state index contributed by atoms with van der Waals surface area (Å²) in [6.45, 7) is -0.104. The fourth-order valence-corrected chi connectivity index (χ4v) is 2.44. The number of benzene rings is 1. The Morgan fingerprint density at radius 1 is 1.29 bits per heavy atom. The number of ether oxygens (including phenoxy) is 1. The van der Waals surface area contributed by atoms with E-state index in [9.17, 15) is 4.79 Å². The van der Waals surface area contributed by atoms with E-state index in [0.717, 1.165) is 18.4 Å². The van der Waals surface area contributed by atoms with Gasteiger partial charge in [-0.05, 0) is 12.8 Å². The molecular weight excluding hydrogens is 270 g/mol. The molecule has 1 amide bonds. The zero-order chi connectivity index (χ0) is 14.5. The van der Waals surface area contributed by atoms with Gasteiger partial charge in [-0.3, -0.25) is 9.32 Å². The zero-order valence-corrected chi connectivity index (χ0v) is 11.6. The van der Waals surface area contributed by atoms with Gasteiger partial charge in [0.25, 0.3) is 5.91 Å². The van der Waals surface area contributed by atoms with Crippen LogP contribution in [-0.4, -0.2) is 28.7 Å². The summed E-state index contributed by atoms with van der Waals surface area (Å²) in [6.07, 6.45) is 4.45. The van der Waals surface area contributed by atoms with Gasteiger partial charge in [0.15, 0.2) is 6.61 Å². The van der Waals surface area contributed by atoms with E-state index in [1.807, 2.05) is 30.3 Å². The van der Waals surface area contributed by atoms with E-state index >= 15 is 0 Å². The first-order chi connectivity index (χ1) is 10.3. The number of rotatable bonds is 5. The summed E-state index contributed by atoms with van der Waals surface area (Å²) in [5.74, 6) is 0.295. The number of carbonyl (C=O) groups excluding carboxylic acids is 1. The lowest BCUT2D eigenvalue weighted by molar-refractivity contribution is -0.124. The Labute approximate surface area is 122 Å². The van der Waals surface area contributed by atoms with Crippen molar-refractivity contribution in [2.75, 3.05) is 6.61 Å². The van der Waals surface area contributed by atoms with E-state index in [2.05, 4.69) is 15.5 Å². The fourth-order valence-electron chi connectivity index (χ4n) is 2.44. The minimum atomic E-state index is -0.152. The Morgan fingerprint density at radius 3 is 2.81 bits per heavy atom. The molecule has 1 saturated carbocycles. The van der Waals surface area contributed by atoms with Crippen molar-refractivity contribution in [3.05, 3.63) is 30.3 Å². The molecule has 1 N–H and O–H groups in total. The molecule has 110 valence electrons. The highest BCUT2D eigenvalue weighted by molar-refractivity contribution is 5.77. The molecule has 0 saturated heterocycles. The molecular formula is C15H17N3O3. The predicted octanol–water partition coefficient (Wildman–Crippen LogP) is 2.17. The Kier molecular flexibility index (Phi) is 4.14. The highest BCUT2D eigenvalue weighted by atomic mass is 16.6. The molecule has 1 aliphatic rings. The Morgan fingerprint density at radius 2 is 2.05 bits per heavy atom. The van der Waals surface area contributed by atoms with Crippen molar-refractivity contribution in [3.8, 4) is 17.5 Å². The van der Waals surface area contributed by atoms with Crippen LogP contribution in [0.4, 0.5) is 0 Å². The lowest BCUT2D eigenvalue weighted by Crippen LogP contribution is -2.36. The van der Waals surface area contributed by atoms with Gasteiger partial charge < -0.3 is 10.1 Å². The maximum atomic E-state index is 11.7. The second kappa shape index (κ2) is 6.39. The summed E-state index contributed by atoms with van der Waals surface area (Å²) in [7, 11) is 0. The van der Waals surface area contributed by atoms with Crippen LogP contribution < -0.4 is 10.1 Å². The van der Waals surface area contributed by atoms with Crippen LogP contribution in [-0.2, 0) is 4.79 Å². The van der Waals surface area contributed by atoms with Crippen molar-refractivity contribution in [1.29, 1.82) is 0 Å². The molecule has 6 nitrogen and oxygen atoms in total. The van der Waals surface area contributed by atoms with Gasteiger partial charge in [-0.25, -0.2) is 0 Å². The van der Waals surface area contributed by atoms with Gasteiger partial charge in [0.1, 0.15) is 0 Å². The summed E-state index contributed by atoms with van der Waals surface area (Å²) < 4.78 is 10.2. The summed E-state index contributed by atoms with van der Waals surface area (Å²) in [5, 5.41) is 6.76. The molecule has 0 spiro atoms. The summed E-state index contributed by atoms with van der Waals surface area (Å²) in [6, 6.07) is 9.73. The monoisotopic (exact) mass is 287 g/mol. The number of hydrogen-bond donors (Lipinski definition) is 1. The Hall–Kier alpha value is -2.37. The quantitative estimate of drug-likeness (QED) is 0.912. The van der Waals surface area contributed by atoms with Crippen LogP contribution in [0.15, 0.2) is 34.9 Å². The van der Waals surface area contributed by atoms with E-state index < -0.39 is 0 Å². The number of amides is 1. The van der Waals surface area contributed by atoms with Gasteiger partial charge in [0.2, 0.25) is 5.82 Å². The van der Waals surface area contributed by atoms with Crippen LogP contribution in [0, 0.1) is 0 Å². The molecule has 0 aliphatic heterocycles. The molecule has 1 aromatic carbocycles. The van der Waals surface area contributed by atoms with Crippen LogP contribution >= 0.6 is 0 Å². The van der Waals surface area contributed by atoms with E-state index in [-0.39, 0.29) is 24.6 Å². The average molecular weight is 287 g/mol. The number of aromatic nitrogens is 2. The first-order valence-corrected chi connectivity index (χ1v) is 7.12. The largest absolute Gasteiger partial charge is 0.439 e. The number of nitrogens with one attached hydrogen (secondary N) is 1. The number of nitrogens with zero attached hydrogens (tertiary/aromatic N) is 2. The molecule has 1 aromatic heterocycles. The molecule has 0 radical (unpaired) electrons. The van der Waals surface area contributed by atoms with E-state index in [1.165, 1.54) is 12.8 Å². The molecule has 1 fully saturated rings. The normalized spacial score (nSPS) is 15.0. The van der Waals surface area contributed by atoms with Crippen LogP contribution in [0.5, 0.6) is 6.08 Å². The second-order valence-corrected chi connectivity index (χ2v) is 5.09. The molecule has 6 heteroatoms. The van der Waals surface area contributed by atoms with Crippen LogP contribution in [0.3, 0.4) is 0 Å². The molecule has 0 unspecified atom stereocenters. The van der Waals surface area contributed by atoms with Gasteiger partial charge in [-0.2, -0.15) is 4.98 Å². The minimum Gasteiger partial charge on any atom is -0.439 e. The van der Waals surface area contributed by atoms with Gasteiger partial charge in [-0.1, -0.05) is 48.3 Å². The van der Waals surface area contributed by atoms with Crippen molar-refractivity contribution in [1.82, 2.24) is 15.5 Å². The van der Waals surface area contributed by atoms with E-state index in [4.69, 9.17) is 9.26 Å². The maximum Gasteiger partial charge on any atom is 0.418 e. The second-order valence-electron chi connectivity index (χ2n) is 5.09. The van der Waals surface area contributed by atoms with Crippen LogP contribution in [0.1, 0.15) is 25.7 Å². The third-order valence-corrected chi connectivity index (χ3v) is 3.49. The zero-order valence-electron chi connectivity index (χ0n) is 11.6. The first-order valence-electron chi connectivity index (χ1n) is 7.12. The van der Waals surface area contributed by atoms with Crippen molar-refractivity contribution in [2.24, 2.45) is 0 Å². The summed E-state index contributed by atoms with van der Waals surface area (Å²) in [5.41, 5.74) is 0.839. The molecule has 0 bridgehead atoms. The smallest absolute Gasteiger partial charge is 0.418 e.